The second kappa shape index (κ2) is 8.23. The number of carbonyl (C=O) groups is 1. The van der Waals surface area contributed by atoms with Crippen LogP contribution in [0.1, 0.15) is 16.0 Å². The number of nitrogens with two attached hydrogens (primary N) is 1. The lowest BCUT2D eigenvalue weighted by Gasteiger charge is -2.14. The molecular formula is C23H23N5O2S. The number of aromatic nitrogens is 2. The summed E-state index contributed by atoms with van der Waals surface area (Å²) >= 11 is 1.57. The third kappa shape index (κ3) is 4.15. The number of hydrogen-bond acceptors (Lipinski definition) is 6. The van der Waals surface area contributed by atoms with E-state index < -0.39 is 0 Å². The Bertz CT molecular complexity index is 1280. The molecule has 4 aromatic rings. The number of nitrogens with zero attached hydrogens (tertiary/aromatic N) is 2. The molecule has 8 heteroatoms. The minimum Gasteiger partial charge on any atom is -0.495 e. The molecule has 0 aliphatic rings. The van der Waals surface area contributed by atoms with Gasteiger partial charge in [-0.15, -0.1) is 11.3 Å². The van der Waals surface area contributed by atoms with Crippen molar-refractivity contribution >= 4 is 44.8 Å². The van der Waals surface area contributed by atoms with Crippen LogP contribution in [0.3, 0.4) is 0 Å². The molecule has 2 aromatic carbocycles. The maximum absolute atomic E-state index is 12.6. The van der Waals surface area contributed by atoms with Crippen LogP contribution in [0.4, 0.5) is 22.0 Å². The Hall–Kier alpha value is -3.65. The van der Waals surface area contributed by atoms with Crippen molar-refractivity contribution in [3.05, 3.63) is 58.7 Å². The van der Waals surface area contributed by atoms with Gasteiger partial charge in [0.2, 0.25) is 0 Å². The van der Waals surface area contributed by atoms with E-state index in [1.807, 2.05) is 51.1 Å². The number of methoxy groups -OCH3 is 1. The Morgan fingerprint density at radius 2 is 1.77 bits per heavy atom. The largest absolute Gasteiger partial charge is 0.495 e. The third-order valence-corrected chi connectivity index (χ3v) is 5.92. The molecule has 0 radical (unpaired) electrons. The van der Waals surface area contributed by atoms with E-state index >= 15 is 0 Å². The molecule has 2 aromatic heterocycles. The van der Waals surface area contributed by atoms with Gasteiger partial charge in [-0.1, -0.05) is 12.1 Å². The van der Waals surface area contributed by atoms with Gasteiger partial charge < -0.3 is 21.1 Å². The number of ether oxygens (including phenoxy) is 1. The molecule has 0 fully saturated rings. The van der Waals surface area contributed by atoms with Crippen LogP contribution in [0.25, 0.3) is 21.3 Å². The number of amides is 2. The highest BCUT2D eigenvalue weighted by atomic mass is 32.1. The van der Waals surface area contributed by atoms with Crippen LogP contribution >= 0.6 is 11.3 Å². The molecule has 158 valence electrons. The van der Waals surface area contributed by atoms with Gasteiger partial charge in [-0.2, -0.15) is 0 Å². The van der Waals surface area contributed by atoms with Crippen LogP contribution in [0.2, 0.25) is 0 Å². The zero-order valence-corrected chi connectivity index (χ0v) is 18.6. The van der Waals surface area contributed by atoms with Crippen molar-refractivity contribution in [3.63, 3.8) is 0 Å². The Morgan fingerprint density at radius 3 is 2.48 bits per heavy atom. The first-order valence-electron chi connectivity index (χ1n) is 9.70. The molecule has 4 N–H and O–H groups in total. The van der Waals surface area contributed by atoms with Crippen LogP contribution in [-0.2, 0) is 0 Å². The summed E-state index contributed by atoms with van der Waals surface area (Å²) in [6, 6.07) is 11.2. The van der Waals surface area contributed by atoms with Gasteiger partial charge >= 0.3 is 6.03 Å². The summed E-state index contributed by atoms with van der Waals surface area (Å²) in [7, 11) is 1.57. The Balaban J connectivity index is 1.63. The molecule has 2 amide bonds. The van der Waals surface area contributed by atoms with Gasteiger partial charge in [-0.25, -0.2) is 14.8 Å². The first kappa shape index (κ1) is 20.6. The quantitative estimate of drug-likeness (QED) is 0.393. The molecule has 0 aliphatic carbocycles. The zero-order valence-electron chi connectivity index (χ0n) is 17.7. The number of carbonyl (C=O) groups excluding carboxylic acids is 1. The summed E-state index contributed by atoms with van der Waals surface area (Å²) < 4.78 is 5.55. The number of rotatable bonds is 4. The van der Waals surface area contributed by atoms with Gasteiger partial charge in [0, 0.05) is 16.1 Å². The highest BCUT2D eigenvalue weighted by Gasteiger charge is 2.17. The number of aryl methyl sites for hydroxylation is 3. The minimum absolute atomic E-state index is 0.342. The summed E-state index contributed by atoms with van der Waals surface area (Å²) in [6.45, 7) is 6.01. The predicted molar refractivity (Wildman–Crippen MR) is 127 cm³/mol. The Kier molecular flexibility index (Phi) is 5.48. The number of thiophene rings is 1. The van der Waals surface area contributed by atoms with Crippen molar-refractivity contribution in [3.8, 4) is 16.9 Å². The van der Waals surface area contributed by atoms with Gasteiger partial charge in [-0.05, 0) is 61.7 Å². The lowest BCUT2D eigenvalue weighted by atomic mass is 10.0. The minimum atomic E-state index is -0.342. The van der Waals surface area contributed by atoms with Crippen molar-refractivity contribution in [2.24, 2.45) is 0 Å². The number of fused-ring (bicyclic) bond motifs is 1. The first-order valence-corrected chi connectivity index (χ1v) is 10.5. The van der Waals surface area contributed by atoms with Crippen molar-refractivity contribution in [2.75, 3.05) is 23.5 Å². The molecule has 2 heterocycles. The molecule has 0 spiro atoms. The van der Waals surface area contributed by atoms with Gasteiger partial charge in [0.05, 0.1) is 18.2 Å². The second-order valence-corrected chi connectivity index (χ2v) is 8.55. The molecule has 0 aliphatic heterocycles. The normalized spacial score (nSPS) is 10.8. The van der Waals surface area contributed by atoms with Gasteiger partial charge in [-0.3, -0.25) is 0 Å². The number of anilines is 3. The zero-order chi connectivity index (χ0) is 22.1. The fraction of sp³-hybridized carbons (Fsp3) is 0.174. The van der Waals surface area contributed by atoms with Crippen molar-refractivity contribution in [1.29, 1.82) is 0 Å². The first-order chi connectivity index (χ1) is 14.9. The van der Waals surface area contributed by atoms with E-state index in [-0.39, 0.29) is 6.03 Å². The average Bonchev–Trinajstić information content (AvgIpc) is 3.04. The van der Waals surface area contributed by atoms with E-state index in [4.69, 9.17) is 10.5 Å². The molecule has 0 saturated carbocycles. The fourth-order valence-corrected chi connectivity index (χ4v) is 4.72. The van der Waals surface area contributed by atoms with Gasteiger partial charge in [0.1, 0.15) is 22.7 Å². The summed E-state index contributed by atoms with van der Waals surface area (Å²) in [5.74, 6) is 0.987. The van der Waals surface area contributed by atoms with Crippen LogP contribution < -0.4 is 21.1 Å². The average molecular weight is 434 g/mol. The number of nitrogen functional groups attached to an aromatic ring is 1. The smallest absolute Gasteiger partial charge is 0.323 e. The number of nitrogens with one attached hydrogen (secondary N) is 2. The van der Waals surface area contributed by atoms with Crippen LogP contribution in [0, 0.1) is 20.8 Å². The molecule has 0 bridgehead atoms. The topological polar surface area (TPSA) is 102 Å². The summed E-state index contributed by atoms with van der Waals surface area (Å²) in [5, 5.41) is 6.57. The molecule has 4 rings (SSSR count). The SMILES string of the molecule is COc1cc(-c2c(C)sc3ncnc(N)c23)ccc1NC(=O)Nc1cc(C)cc(C)c1. The highest BCUT2D eigenvalue weighted by Crippen LogP contribution is 2.41. The van der Waals surface area contributed by atoms with Crippen molar-refractivity contribution in [1.82, 2.24) is 9.97 Å². The maximum Gasteiger partial charge on any atom is 0.323 e. The van der Waals surface area contributed by atoms with Crippen LogP contribution in [0.15, 0.2) is 42.7 Å². The van der Waals surface area contributed by atoms with E-state index in [9.17, 15) is 4.79 Å². The highest BCUT2D eigenvalue weighted by molar-refractivity contribution is 7.19. The van der Waals surface area contributed by atoms with E-state index in [0.717, 1.165) is 43.0 Å². The Labute approximate surface area is 184 Å². The molecule has 31 heavy (non-hydrogen) atoms. The number of benzene rings is 2. The molecule has 7 nitrogen and oxygen atoms in total. The number of urea groups is 1. The van der Waals surface area contributed by atoms with E-state index in [2.05, 4.69) is 26.7 Å². The van der Waals surface area contributed by atoms with Crippen LogP contribution in [0.5, 0.6) is 5.75 Å². The van der Waals surface area contributed by atoms with Crippen molar-refractivity contribution in [2.45, 2.75) is 20.8 Å². The van der Waals surface area contributed by atoms with Crippen molar-refractivity contribution < 1.29 is 9.53 Å². The van der Waals surface area contributed by atoms with Crippen LogP contribution in [-0.4, -0.2) is 23.1 Å². The second-order valence-electron chi connectivity index (χ2n) is 7.34. The predicted octanol–water partition coefficient (Wildman–Crippen LogP) is 5.52. The summed E-state index contributed by atoms with van der Waals surface area (Å²) in [4.78, 5) is 22.9. The van der Waals surface area contributed by atoms with Gasteiger partial charge in [0.15, 0.2) is 0 Å². The lowest BCUT2D eigenvalue weighted by Crippen LogP contribution is -2.20. The Morgan fingerprint density at radius 1 is 1.03 bits per heavy atom. The molecule has 0 atom stereocenters. The molecular weight excluding hydrogens is 410 g/mol. The fourth-order valence-electron chi connectivity index (χ4n) is 3.70. The molecule has 0 saturated heterocycles. The summed E-state index contributed by atoms with van der Waals surface area (Å²) in [6.07, 6.45) is 1.47. The van der Waals surface area contributed by atoms with E-state index in [1.165, 1.54) is 6.33 Å². The number of hydrogen-bond donors (Lipinski definition) is 3. The van der Waals surface area contributed by atoms with E-state index in [0.29, 0.717) is 17.3 Å². The lowest BCUT2D eigenvalue weighted by molar-refractivity contribution is 0.262. The summed E-state index contributed by atoms with van der Waals surface area (Å²) in [5.41, 5.74) is 11.5. The maximum atomic E-state index is 12.6. The standard InChI is InChI=1S/C23H23N5O2S/c1-12-7-13(2)9-16(8-12)27-23(29)28-17-6-5-15(10-18(17)30-4)19-14(3)31-22-20(19)21(24)25-11-26-22/h5-11H,1-4H3,(H2,24,25,26)(H2,27,28,29). The third-order valence-electron chi connectivity index (χ3n) is 4.91. The molecule has 0 unspecified atom stereocenters. The monoisotopic (exact) mass is 433 g/mol. The van der Waals surface area contributed by atoms with E-state index in [1.54, 1.807) is 18.4 Å². The van der Waals surface area contributed by atoms with Gasteiger partial charge in [0.25, 0.3) is 0 Å².